The van der Waals surface area contributed by atoms with E-state index in [0.29, 0.717) is 24.7 Å². The Bertz CT molecular complexity index is 769. The van der Waals surface area contributed by atoms with Crippen LogP contribution in [-0.2, 0) is 4.79 Å². The van der Waals surface area contributed by atoms with Gasteiger partial charge in [-0.1, -0.05) is 12.8 Å². The van der Waals surface area contributed by atoms with E-state index in [1.165, 1.54) is 12.8 Å². The molecule has 2 aromatic rings. The lowest BCUT2D eigenvalue weighted by molar-refractivity contribution is -0.125. The van der Waals surface area contributed by atoms with Crippen LogP contribution in [-0.4, -0.2) is 44.6 Å². The van der Waals surface area contributed by atoms with Gasteiger partial charge in [0.1, 0.15) is 11.0 Å². The average molecular weight is 344 g/mol. The van der Waals surface area contributed by atoms with E-state index in [1.54, 1.807) is 17.0 Å². The molecule has 1 aliphatic heterocycles. The van der Waals surface area contributed by atoms with E-state index in [-0.39, 0.29) is 17.7 Å². The summed E-state index contributed by atoms with van der Waals surface area (Å²) in [5.74, 6) is -0.00311. The van der Waals surface area contributed by atoms with Gasteiger partial charge in [0.2, 0.25) is 5.91 Å². The molecule has 7 heteroatoms. The van der Waals surface area contributed by atoms with E-state index < -0.39 is 0 Å². The summed E-state index contributed by atoms with van der Waals surface area (Å²) >= 11 is 1.15. The van der Waals surface area contributed by atoms with Crippen molar-refractivity contribution in [1.82, 2.24) is 19.0 Å². The highest BCUT2D eigenvalue weighted by Crippen LogP contribution is 2.23. The summed E-state index contributed by atoms with van der Waals surface area (Å²) < 4.78 is 8.34. The molecule has 1 N–H and O–H groups in total. The first-order valence-corrected chi connectivity index (χ1v) is 9.26. The Kier molecular flexibility index (Phi) is 4.18. The lowest BCUT2D eigenvalue weighted by Gasteiger charge is -2.18. The molecule has 1 aromatic heterocycles. The van der Waals surface area contributed by atoms with Crippen LogP contribution in [0.15, 0.2) is 18.2 Å². The molecule has 0 spiro atoms. The standard InChI is InChI=1S/C17H20N4O2S/c22-16(18-13-3-1-2-4-13)12-7-8-21(10-12)17(23)11-5-6-14-15(9-11)20-24-19-14/h5-6,9,12-13H,1-4,7-8,10H2,(H,18,22)/t12-/m1/s1. The topological polar surface area (TPSA) is 75.2 Å². The monoisotopic (exact) mass is 344 g/mol. The molecule has 1 saturated carbocycles. The van der Waals surface area contributed by atoms with E-state index in [2.05, 4.69) is 14.1 Å². The zero-order valence-corrected chi connectivity index (χ0v) is 14.2. The molecule has 1 atom stereocenters. The molecule has 0 radical (unpaired) electrons. The number of amides is 2. The Morgan fingerprint density at radius 1 is 1.12 bits per heavy atom. The summed E-state index contributed by atoms with van der Waals surface area (Å²) in [7, 11) is 0. The van der Waals surface area contributed by atoms with Gasteiger partial charge in [0.15, 0.2) is 0 Å². The van der Waals surface area contributed by atoms with Gasteiger partial charge in [-0.3, -0.25) is 9.59 Å². The summed E-state index contributed by atoms with van der Waals surface area (Å²) in [6.45, 7) is 1.14. The van der Waals surface area contributed by atoms with Crippen molar-refractivity contribution >= 4 is 34.6 Å². The van der Waals surface area contributed by atoms with Gasteiger partial charge >= 0.3 is 0 Å². The Labute approximate surface area is 144 Å². The zero-order chi connectivity index (χ0) is 16.5. The van der Waals surface area contributed by atoms with Crippen molar-refractivity contribution in [3.63, 3.8) is 0 Å². The molecule has 24 heavy (non-hydrogen) atoms. The van der Waals surface area contributed by atoms with Crippen molar-refractivity contribution < 1.29 is 9.59 Å². The predicted octanol–water partition coefficient (Wildman–Crippen LogP) is 2.21. The van der Waals surface area contributed by atoms with Crippen molar-refractivity contribution in [3.8, 4) is 0 Å². The number of carbonyl (C=O) groups is 2. The number of hydrogen-bond donors (Lipinski definition) is 1. The molecule has 2 amide bonds. The lowest BCUT2D eigenvalue weighted by atomic mass is 10.1. The third-order valence-electron chi connectivity index (χ3n) is 5.05. The minimum atomic E-state index is -0.0841. The van der Waals surface area contributed by atoms with Crippen molar-refractivity contribution in [3.05, 3.63) is 23.8 Å². The van der Waals surface area contributed by atoms with Crippen molar-refractivity contribution in [1.29, 1.82) is 0 Å². The second kappa shape index (κ2) is 6.47. The van der Waals surface area contributed by atoms with Crippen LogP contribution in [0.1, 0.15) is 42.5 Å². The van der Waals surface area contributed by atoms with Crippen molar-refractivity contribution in [2.45, 2.75) is 38.1 Å². The Morgan fingerprint density at radius 3 is 2.75 bits per heavy atom. The second-order valence-electron chi connectivity index (χ2n) is 6.69. The molecular formula is C17H20N4O2S. The minimum Gasteiger partial charge on any atom is -0.353 e. The maximum Gasteiger partial charge on any atom is 0.253 e. The Hall–Kier alpha value is -2.02. The van der Waals surface area contributed by atoms with Crippen molar-refractivity contribution in [2.75, 3.05) is 13.1 Å². The summed E-state index contributed by atoms with van der Waals surface area (Å²) in [4.78, 5) is 26.8. The average Bonchev–Trinajstić information content (AvgIpc) is 3.33. The Morgan fingerprint density at radius 2 is 1.92 bits per heavy atom. The first kappa shape index (κ1) is 15.5. The number of likely N-dealkylation sites (tertiary alicyclic amines) is 1. The molecule has 1 aromatic carbocycles. The van der Waals surface area contributed by atoms with Gasteiger partial charge in [0.25, 0.3) is 5.91 Å². The highest BCUT2D eigenvalue weighted by atomic mass is 32.1. The first-order valence-electron chi connectivity index (χ1n) is 8.53. The number of hydrogen-bond acceptors (Lipinski definition) is 5. The van der Waals surface area contributed by atoms with E-state index in [1.807, 2.05) is 6.07 Å². The van der Waals surface area contributed by atoms with E-state index in [9.17, 15) is 9.59 Å². The van der Waals surface area contributed by atoms with Gasteiger partial charge < -0.3 is 10.2 Å². The van der Waals surface area contributed by atoms with Gasteiger partial charge in [-0.2, -0.15) is 8.75 Å². The second-order valence-corrected chi connectivity index (χ2v) is 7.22. The fourth-order valence-corrected chi connectivity index (χ4v) is 4.16. The predicted molar refractivity (Wildman–Crippen MR) is 91.8 cm³/mol. The SMILES string of the molecule is O=C(NC1CCCC1)[C@@H]1CCN(C(=O)c2ccc3nsnc3c2)C1. The molecule has 4 rings (SSSR count). The fraction of sp³-hybridized carbons (Fsp3) is 0.529. The van der Waals surface area contributed by atoms with Crippen LogP contribution in [0.4, 0.5) is 0 Å². The first-order chi connectivity index (χ1) is 11.7. The molecular weight excluding hydrogens is 324 g/mol. The zero-order valence-electron chi connectivity index (χ0n) is 13.4. The third kappa shape index (κ3) is 3.00. The van der Waals surface area contributed by atoms with Crippen LogP contribution >= 0.6 is 11.7 Å². The number of carbonyl (C=O) groups excluding carboxylic acids is 2. The van der Waals surface area contributed by atoms with Crippen molar-refractivity contribution in [2.24, 2.45) is 5.92 Å². The summed E-state index contributed by atoms with van der Waals surface area (Å²) in [5, 5.41) is 3.15. The number of nitrogens with zero attached hydrogens (tertiary/aromatic N) is 3. The molecule has 1 aliphatic carbocycles. The van der Waals surface area contributed by atoms with Crippen LogP contribution < -0.4 is 5.32 Å². The number of fused-ring (bicyclic) bond motifs is 1. The van der Waals surface area contributed by atoms with Crippen LogP contribution in [0.3, 0.4) is 0 Å². The normalized spacial score (nSPS) is 21.5. The number of aromatic nitrogens is 2. The molecule has 126 valence electrons. The van der Waals surface area contributed by atoms with Crippen LogP contribution in [0.5, 0.6) is 0 Å². The summed E-state index contributed by atoms with van der Waals surface area (Å²) in [6, 6.07) is 5.74. The maximum absolute atomic E-state index is 12.7. The molecule has 6 nitrogen and oxygen atoms in total. The van der Waals surface area contributed by atoms with Gasteiger partial charge in [-0.05, 0) is 37.5 Å². The molecule has 2 heterocycles. The van der Waals surface area contributed by atoms with Gasteiger partial charge in [0, 0.05) is 24.7 Å². The van der Waals surface area contributed by atoms with E-state index in [0.717, 1.165) is 42.0 Å². The molecule has 1 saturated heterocycles. The van der Waals surface area contributed by atoms with Crippen LogP contribution in [0.25, 0.3) is 11.0 Å². The van der Waals surface area contributed by atoms with E-state index in [4.69, 9.17) is 0 Å². The minimum absolute atomic E-state index is 0.0268. The third-order valence-corrected chi connectivity index (χ3v) is 5.61. The largest absolute Gasteiger partial charge is 0.353 e. The summed E-state index contributed by atoms with van der Waals surface area (Å²) in [6.07, 6.45) is 5.32. The molecule has 0 unspecified atom stereocenters. The van der Waals surface area contributed by atoms with Crippen LogP contribution in [0.2, 0.25) is 0 Å². The van der Waals surface area contributed by atoms with Crippen LogP contribution in [0, 0.1) is 5.92 Å². The van der Waals surface area contributed by atoms with Gasteiger partial charge in [-0.25, -0.2) is 0 Å². The van der Waals surface area contributed by atoms with Gasteiger partial charge in [0.05, 0.1) is 17.6 Å². The Balaban J connectivity index is 1.40. The smallest absolute Gasteiger partial charge is 0.253 e. The fourth-order valence-electron chi connectivity index (χ4n) is 3.65. The maximum atomic E-state index is 12.7. The highest BCUT2D eigenvalue weighted by Gasteiger charge is 2.32. The highest BCUT2D eigenvalue weighted by molar-refractivity contribution is 7.00. The number of benzene rings is 1. The molecule has 2 fully saturated rings. The lowest BCUT2D eigenvalue weighted by Crippen LogP contribution is -2.39. The van der Waals surface area contributed by atoms with E-state index >= 15 is 0 Å². The van der Waals surface area contributed by atoms with Gasteiger partial charge in [-0.15, -0.1) is 0 Å². The summed E-state index contributed by atoms with van der Waals surface area (Å²) in [5.41, 5.74) is 2.18. The number of nitrogens with one attached hydrogen (secondary N) is 1. The number of rotatable bonds is 3. The quantitative estimate of drug-likeness (QED) is 0.926. The molecule has 2 aliphatic rings. The molecule has 0 bridgehead atoms.